The van der Waals surface area contributed by atoms with Crippen LogP contribution in [-0.4, -0.2) is 5.91 Å². The first kappa shape index (κ1) is 1.52. The summed E-state index contributed by atoms with van der Waals surface area (Å²) in [6, 6.07) is 0. The molecule has 2 nitrogen and oxygen atoms in total. The van der Waals surface area contributed by atoms with Crippen LogP contribution in [0.1, 0.15) is 14.2 Å². The fourth-order valence-electron chi connectivity index (χ4n) is 0.276. The highest BCUT2D eigenvalue weighted by molar-refractivity contribution is 5.78. The van der Waals surface area contributed by atoms with E-state index in [2.05, 4.69) is 0 Å². The van der Waals surface area contributed by atoms with Crippen LogP contribution in [-0.2, 0) is 4.79 Å². The van der Waals surface area contributed by atoms with E-state index in [1.165, 1.54) is 0 Å². The normalized spacial score (nSPS) is 32.3. The van der Waals surface area contributed by atoms with Crippen LogP contribution in [0.5, 0.6) is 0 Å². The fraction of sp³-hybridized carbons (Fsp3) is 0.750. The van der Waals surface area contributed by atoms with Crippen LogP contribution < -0.4 is 5.72 Å². The lowest BCUT2D eigenvalue weighted by Gasteiger charge is -1.77. The molecule has 2 N–H and O–H groups in total. The minimum atomic E-state index is -1.11. The second kappa shape index (κ2) is 0.965. The zero-order valence-electron chi connectivity index (χ0n) is 6.27. The number of carbonyl (C=O) groups is 1. The maximum absolute atomic E-state index is 10.6. The fourth-order valence-corrected chi connectivity index (χ4v) is 0.276. The maximum atomic E-state index is 10.6. The van der Waals surface area contributed by atoms with Gasteiger partial charge < -0.3 is 5.72 Å². The van der Waals surface area contributed by atoms with E-state index >= 15 is 0 Å². The standard InChI is InChI=1S/C4H7NO/c5-4(6)3-1-2-3/h3H,1-2H2,(H2,5,6)/i3D/hD2. The molecule has 0 heterocycles. The molecular weight excluding hydrogens is 78.0 g/mol. The third-order valence-corrected chi connectivity index (χ3v) is 0.802. The van der Waals surface area contributed by atoms with Gasteiger partial charge in [0.25, 0.3) is 0 Å². The van der Waals surface area contributed by atoms with Gasteiger partial charge in [-0.2, -0.15) is 0 Å². The molecule has 1 saturated carbocycles. The molecule has 0 bridgehead atoms. The highest BCUT2D eigenvalue weighted by Gasteiger charge is 2.26. The smallest absolute Gasteiger partial charge is 0.220 e. The Kier molecular flexibility index (Phi) is 0.245. The quantitative estimate of drug-likeness (QED) is 0.477. The van der Waals surface area contributed by atoms with Crippen LogP contribution in [0.2, 0.25) is 2.82 Å². The van der Waals surface area contributed by atoms with E-state index in [9.17, 15) is 4.79 Å². The number of primary amides is 1. The van der Waals surface area contributed by atoms with Crippen molar-refractivity contribution in [2.45, 2.75) is 12.8 Å². The molecule has 0 atom stereocenters. The first-order valence-corrected chi connectivity index (χ1v) is 1.88. The molecule has 0 aromatic carbocycles. The highest BCUT2D eigenvalue weighted by atomic mass is 16.1. The Balaban J connectivity index is 2.53. The van der Waals surface area contributed by atoms with Gasteiger partial charge in [-0.15, -0.1) is 0 Å². The van der Waals surface area contributed by atoms with Crippen molar-refractivity contribution in [3.8, 4) is 0 Å². The lowest BCUT2D eigenvalue weighted by Crippen LogP contribution is -2.11. The Labute approximate surface area is 40.7 Å². The minimum absolute atomic E-state index is 0.0139. The minimum Gasteiger partial charge on any atom is -0.369 e. The van der Waals surface area contributed by atoms with Crippen molar-refractivity contribution in [2.24, 2.45) is 11.6 Å². The zero-order chi connectivity index (χ0) is 7.07. The summed E-state index contributed by atoms with van der Waals surface area (Å²) in [5.41, 5.74) is -0.0139. The lowest BCUT2D eigenvalue weighted by molar-refractivity contribution is -0.119. The van der Waals surface area contributed by atoms with Crippen LogP contribution in [0.3, 0.4) is 0 Å². The van der Waals surface area contributed by atoms with Gasteiger partial charge >= 0.3 is 0 Å². The molecule has 6 heavy (non-hydrogen) atoms. The van der Waals surface area contributed by atoms with E-state index in [0.29, 0.717) is 12.8 Å². The van der Waals surface area contributed by atoms with Crippen LogP contribution in [0.4, 0.5) is 0 Å². The number of carbonyl (C=O) groups excluding carboxylic acids is 1. The summed E-state index contributed by atoms with van der Waals surface area (Å²) >= 11 is 0. The number of rotatable bonds is 1. The average molecular weight is 88.1 g/mol. The van der Waals surface area contributed by atoms with Gasteiger partial charge in [0.2, 0.25) is 5.91 Å². The van der Waals surface area contributed by atoms with Crippen molar-refractivity contribution < 1.29 is 8.99 Å². The van der Waals surface area contributed by atoms with Crippen LogP contribution in [0.25, 0.3) is 0 Å². The summed E-state index contributed by atoms with van der Waals surface area (Å²) in [5.74, 6) is -1.83. The Hall–Kier alpha value is -0.530. The number of nitrogens with two attached hydrogens (primary N) is 1. The topological polar surface area (TPSA) is 43.1 Å². The Morgan fingerprint density at radius 2 is 2.83 bits per heavy atom. The van der Waals surface area contributed by atoms with Crippen molar-refractivity contribution in [3.63, 3.8) is 0 Å². The molecular formula is C4H7NO. The zero-order valence-corrected chi connectivity index (χ0v) is 3.27. The summed E-state index contributed by atoms with van der Waals surface area (Å²) in [6.45, 7) is 0. The number of amides is 1. The van der Waals surface area contributed by atoms with Crippen molar-refractivity contribution in [1.29, 1.82) is 0 Å². The number of hydrogen-bond acceptors (Lipinski definition) is 1. The largest absolute Gasteiger partial charge is 0.369 e. The molecule has 1 aliphatic rings. The third kappa shape index (κ3) is 0.506. The maximum Gasteiger partial charge on any atom is 0.220 e. The van der Waals surface area contributed by atoms with Gasteiger partial charge in [-0.3, -0.25) is 4.79 Å². The lowest BCUT2D eigenvalue weighted by atomic mass is 10.4. The number of hydrogen-bond donors (Lipinski definition) is 1. The SMILES string of the molecule is [2H]N([2H])C(=O)C1([2H])CC1. The molecule has 1 rings (SSSR count). The van der Waals surface area contributed by atoms with Crippen molar-refractivity contribution >= 4 is 5.91 Å². The van der Waals surface area contributed by atoms with Crippen LogP contribution in [0.15, 0.2) is 0 Å². The summed E-state index contributed by atoms with van der Waals surface area (Å²) in [7, 11) is 0. The van der Waals surface area contributed by atoms with Gasteiger partial charge in [-0.05, 0) is 12.8 Å². The van der Waals surface area contributed by atoms with Crippen molar-refractivity contribution in [2.75, 3.05) is 0 Å². The van der Waals surface area contributed by atoms with Crippen LogP contribution >= 0.6 is 0 Å². The van der Waals surface area contributed by atoms with Gasteiger partial charge in [-0.1, -0.05) is 0 Å². The Morgan fingerprint density at radius 1 is 2.17 bits per heavy atom. The molecule has 0 aromatic heterocycles. The molecule has 0 spiro atoms. The molecule has 1 fully saturated rings. The predicted molar refractivity (Wildman–Crippen MR) is 21.9 cm³/mol. The molecule has 0 aromatic rings. The molecule has 1 aliphatic carbocycles. The van der Waals surface area contributed by atoms with Crippen molar-refractivity contribution in [1.82, 2.24) is 0 Å². The van der Waals surface area contributed by atoms with E-state index in [1.54, 1.807) is 0 Å². The van der Waals surface area contributed by atoms with E-state index in [4.69, 9.17) is 4.19 Å². The van der Waals surface area contributed by atoms with E-state index in [0.717, 1.165) is 0 Å². The Morgan fingerprint density at radius 3 is 3.00 bits per heavy atom. The summed E-state index contributed by atoms with van der Waals surface area (Å²) in [5, 5.41) is 0. The van der Waals surface area contributed by atoms with Gasteiger partial charge in [0.15, 0.2) is 2.82 Å². The molecule has 0 aliphatic heterocycles. The first-order chi connectivity index (χ1) is 4.06. The van der Waals surface area contributed by atoms with Crippen LogP contribution in [0, 0.1) is 5.89 Å². The predicted octanol–water partition coefficient (Wildman–Crippen LogP) is -0.118. The van der Waals surface area contributed by atoms with Gasteiger partial charge in [0.1, 0.15) is 0 Å². The first-order valence-electron chi connectivity index (χ1n) is 3.28. The molecule has 0 radical (unpaired) electrons. The Bertz CT molecular complexity index is 143. The summed E-state index contributed by atoms with van der Waals surface area (Å²) < 4.78 is 20.2. The molecule has 34 valence electrons. The van der Waals surface area contributed by atoms with E-state index in [-0.39, 0.29) is 5.72 Å². The van der Waals surface area contributed by atoms with Gasteiger partial charge in [-0.25, -0.2) is 0 Å². The third-order valence-electron chi connectivity index (χ3n) is 0.802. The second-order valence-electron chi connectivity index (χ2n) is 1.41. The summed E-state index contributed by atoms with van der Waals surface area (Å²) in [4.78, 5) is 10.6. The van der Waals surface area contributed by atoms with E-state index in [1.807, 2.05) is 0 Å². The monoisotopic (exact) mass is 88.1 g/mol. The molecule has 1 amide bonds. The molecule has 2 heteroatoms. The molecule has 0 saturated heterocycles. The average Bonchev–Trinajstić information content (AvgIpc) is 2.47. The highest BCUT2D eigenvalue weighted by Crippen LogP contribution is 2.27. The van der Waals surface area contributed by atoms with Gasteiger partial charge in [0.05, 0.1) is 0 Å². The van der Waals surface area contributed by atoms with Gasteiger partial charge in [0, 0.05) is 7.26 Å². The van der Waals surface area contributed by atoms with Crippen molar-refractivity contribution in [3.05, 3.63) is 0 Å². The second-order valence-corrected chi connectivity index (χ2v) is 1.41. The van der Waals surface area contributed by atoms with E-state index < -0.39 is 11.8 Å². The molecule has 0 unspecified atom stereocenters. The summed E-state index contributed by atoms with van der Waals surface area (Å²) in [6.07, 6.45) is 1.00.